The van der Waals surface area contributed by atoms with Gasteiger partial charge in [-0.1, -0.05) is 6.07 Å². The molecule has 0 radical (unpaired) electrons. The minimum atomic E-state index is -1.06. The van der Waals surface area contributed by atoms with Crippen molar-refractivity contribution >= 4 is 23.8 Å². The number of anilines is 1. The molecule has 0 unspecified atom stereocenters. The highest BCUT2D eigenvalue weighted by atomic mass is 19.1. The zero-order valence-corrected chi connectivity index (χ0v) is 18.6. The number of aliphatic hydroxyl groups excluding tert-OH is 1. The first-order valence-corrected chi connectivity index (χ1v) is 10.6. The molecular weight excluding hydrogens is 423 g/mol. The number of aliphatic hydroxyl groups is 1. The Balaban J connectivity index is 1.73. The average Bonchev–Trinajstić information content (AvgIpc) is 2.86. The number of aliphatic imine (C=N–C) groups is 2. The largest absolute Gasteiger partial charge is 0.382 e. The Morgan fingerprint density at radius 1 is 1.18 bits per heavy atom. The van der Waals surface area contributed by atoms with Gasteiger partial charge in [0.15, 0.2) is 0 Å². The van der Waals surface area contributed by atoms with E-state index in [1.807, 2.05) is 6.07 Å². The Morgan fingerprint density at radius 2 is 1.94 bits per heavy atom. The molecule has 1 aliphatic heterocycles. The lowest BCUT2D eigenvalue weighted by atomic mass is 9.98. The molecule has 1 aliphatic rings. The van der Waals surface area contributed by atoms with Crippen molar-refractivity contribution < 1.29 is 14.2 Å². The molecule has 170 valence electrons. The summed E-state index contributed by atoms with van der Waals surface area (Å²) in [7, 11) is 1.56. The number of morpholine rings is 1. The number of benzene rings is 1. The van der Waals surface area contributed by atoms with E-state index >= 15 is 0 Å². The van der Waals surface area contributed by atoms with Crippen LogP contribution in [0.15, 0.2) is 52.8 Å². The fraction of sp³-hybridized carbons (Fsp3) is 0.292. The molecular formula is C24H25FN6O2. The number of rotatable bonds is 6. The lowest BCUT2D eigenvalue weighted by Crippen LogP contribution is -2.36. The van der Waals surface area contributed by atoms with E-state index < -0.39 is 11.9 Å². The van der Waals surface area contributed by atoms with Crippen LogP contribution in [0.2, 0.25) is 0 Å². The van der Waals surface area contributed by atoms with Crippen molar-refractivity contribution in [2.75, 3.05) is 38.3 Å². The fourth-order valence-corrected chi connectivity index (χ4v) is 3.83. The summed E-state index contributed by atoms with van der Waals surface area (Å²) in [4.78, 5) is 23.6. The van der Waals surface area contributed by atoms with Crippen LogP contribution < -0.4 is 4.90 Å². The average molecular weight is 449 g/mol. The lowest BCUT2D eigenvalue weighted by Gasteiger charge is -2.29. The van der Waals surface area contributed by atoms with Gasteiger partial charge in [0.25, 0.3) is 0 Å². The van der Waals surface area contributed by atoms with Gasteiger partial charge in [-0.15, -0.1) is 0 Å². The van der Waals surface area contributed by atoms with Crippen LogP contribution in [0.4, 0.5) is 15.8 Å². The molecule has 0 amide bonds. The van der Waals surface area contributed by atoms with Crippen LogP contribution >= 0.6 is 0 Å². The lowest BCUT2D eigenvalue weighted by molar-refractivity contribution is 0.122. The minimum Gasteiger partial charge on any atom is -0.382 e. The molecule has 0 aliphatic carbocycles. The predicted molar refractivity (Wildman–Crippen MR) is 125 cm³/mol. The second-order valence-electron chi connectivity index (χ2n) is 7.56. The number of ether oxygens (including phenoxy) is 1. The first-order valence-electron chi connectivity index (χ1n) is 10.6. The SMILES string of the molecule is C=Nc1cc(N2CCOCC2)cnc1/C(=N\C)c1cc([C@H](O)c2nccnc2C)ccc1F. The highest BCUT2D eigenvalue weighted by molar-refractivity contribution is 6.14. The fourth-order valence-electron chi connectivity index (χ4n) is 3.83. The van der Waals surface area contributed by atoms with Crippen molar-refractivity contribution in [1.82, 2.24) is 15.0 Å². The quantitative estimate of drug-likeness (QED) is 0.583. The van der Waals surface area contributed by atoms with Crippen molar-refractivity contribution in [3.63, 3.8) is 0 Å². The number of aromatic nitrogens is 3. The topological polar surface area (TPSA) is 96.1 Å². The van der Waals surface area contributed by atoms with Gasteiger partial charge in [0.2, 0.25) is 0 Å². The molecule has 1 aromatic carbocycles. The van der Waals surface area contributed by atoms with E-state index in [-0.39, 0.29) is 5.56 Å². The maximum Gasteiger partial charge on any atom is 0.132 e. The van der Waals surface area contributed by atoms with Crippen LogP contribution in [0.5, 0.6) is 0 Å². The van der Waals surface area contributed by atoms with E-state index in [2.05, 4.69) is 36.6 Å². The standard InChI is InChI=1S/C24H25FN6O2/c1-15-21(29-7-6-28-15)24(32)16-4-5-19(25)18(12-16)22(27-3)23-20(26-2)13-17(14-30-23)31-8-10-33-11-9-31/h4-7,12-14,24,32H,2,8-11H2,1,3H3/b27-22-/t24-/m0/s1. The van der Waals surface area contributed by atoms with Crippen molar-refractivity contribution in [2.24, 2.45) is 9.98 Å². The number of nitrogens with zero attached hydrogens (tertiary/aromatic N) is 6. The molecule has 0 bridgehead atoms. The van der Waals surface area contributed by atoms with Crippen LogP contribution in [0.1, 0.15) is 34.3 Å². The van der Waals surface area contributed by atoms with Crippen molar-refractivity contribution in [2.45, 2.75) is 13.0 Å². The normalized spacial score (nSPS) is 15.4. The van der Waals surface area contributed by atoms with Gasteiger partial charge in [0, 0.05) is 38.1 Å². The number of halogens is 1. The van der Waals surface area contributed by atoms with E-state index in [0.717, 1.165) is 18.8 Å². The number of hydrogen-bond acceptors (Lipinski definition) is 8. The summed E-state index contributed by atoms with van der Waals surface area (Å²) >= 11 is 0. The van der Waals surface area contributed by atoms with Gasteiger partial charge in [-0.2, -0.15) is 0 Å². The van der Waals surface area contributed by atoms with Crippen LogP contribution in [0, 0.1) is 12.7 Å². The van der Waals surface area contributed by atoms with Crippen molar-refractivity contribution in [3.8, 4) is 0 Å². The third-order valence-corrected chi connectivity index (χ3v) is 5.59. The minimum absolute atomic E-state index is 0.201. The van der Waals surface area contributed by atoms with E-state index in [4.69, 9.17) is 4.74 Å². The van der Waals surface area contributed by atoms with Crippen LogP contribution in [0.25, 0.3) is 0 Å². The smallest absolute Gasteiger partial charge is 0.132 e. The molecule has 8 nitrogen and oxygen atoms in total. The zero-order valence-electron chi connectivity index (χ0n) is 18.6. The summed E-state index contributed by atoms with van der Waals surface area (Å²) in [6.07, 6.45) is 3.72. The van der Waals surface area contributed by atoms with Crippen molar-refractivity contribution in [1.29, 1.82) is 0 Å². The first kappa shape index (κ1) is 22.6. The third-order valence-electron chi connectivity index (χ3n) is 5.59. The van der Waals surface area contributed by atoms with Gasteiger partial charge in [-0.05, 0) is 37.4 Å². The molecule has 1 saturated heterocycles. The van der Waals surface area contributed by atoms with E-state index in [9.17, 15) is 9.50 Å². The third kappa shape index (κ3) is 4.64. The first-order chi connectivity index (χ1) is 16.0. The Morgan fingerprint density at radius 3 is 2.64 bits per heavy atom. The number of aryl methyl sites for hydroxylation is 1. The second-order valence-corrected chi connectivity index (χ2v) is 7.56. The van der Waals surface area contributed by atoms with E-state index in [1.165, 1.54) is 18.3 Å². The molecule has 3 heterocycles. The zero-order chi connectivity index (χ0) is 23.4. The molecule has 9 heteroatoms. The highest BCUT2D eigenvalue weighted by Crippen LogP contribution is 2.29. The van der Waals surface area contributed by atoms with Gasteiger partial charge in [-0.3, -0.25) is 24.9 Å². The Bertz CT molecular complexity index is 1190. The Hall–Kier alpha value is -3.56. The molecule has 2 aromatic heterocycles. The Kier molecular flexibility index (Phi) is 6.81. The summed E-state index contributed by atoms with van der Waals surface area (Å²) in [5.41, 5.74) is 3.78. The maximum absolute atomic E-state index is 15.0. The monoisotopic (exact) mass is 448 g/mol. The molecule has 3 aromatic rings. The summed E-state index contributed by atoms with van der Waals surface area (Å²) in [5, 5.41) is 10.9. The van der Waals surface area contributed by atoms with E-state index in [1.54, 1.807) is 32.4 Å². The van der Waals surface area contributed by atoms with Gasteiger partial charge in [-0.25, -0.2) is 4.39 Å². The molecule has 1 atom stereocenters. The summed E-state index contributed by atoms with van der Waals surface area (Å²) in [6.45, 7) is 8.22. The maximum atomic E-state index is 15.0. The predicted octanol–water partition coefficient (Wildman–Crippen LogP) is 3.04. The number of pyridine rings is 1. The van der Waals surface area contributed by atoms with Gasteiger partial charge in [0.05, 0.1) is 47.9 Å². The van der Waals surface area contributed by atoms with Crippen LogP contribution in [0.3, 0.4) is 0 Å². The van der Waals surface area contributed by atoms with Crippen molar-refractivity contribution in [3.05, 3.63) is 76.9 Å². The summed E-state index contributed by atoms with van der Waals surface area (Å²) < 4.78 is 20.4. The van der Waals surface area contributed by atoms with Gasteiger partial charge >= 0.3 is 0 Å². The summed E-state index contributed by atoms with van der Waals surface area (Å²) in [6, 6.07) is 6.24. The van der Waals surface area contributed by atoms with E-state index in [0.29, 0.717) is 47.3 Å². The van der Waals surface area contributed by atoms with Crippen LogP contribution in [-0.2, 0) is 4.74 Å². The second kappa shape index (κ2) is 9.93. The van der Waals surface area contributed by atoms with Gasteiger partial charge in [0.1, 0.15) is 17.6 Å². The molecule has 1 fully saturated rings. The van der Waals surface area contributed by atoms with Crippen LogP contribution in [-0.4, -0.2) is 65.8 Å². The molecule has 4 rings (SSSR count). The number of hydrogen-bond donors (Lipinski definition) is 1. The molecule has 0 saturated carbocycles. The molecule has 0 spiro atoms. The summed E-state index contributed by atoms with van der Waals surface area (Å²) in [5.74, 6) is -0.489. The molecule has 1 N–H and O–H groups in total. The molecule has 33 heavy (non-hydrogen) atoms. The highest BCUT2D eigenvalue weighted by Gasteiger charge is 2.22. The van der Waals surface area contributed by atoms with Gasteiger partial charge < -0.3 is 14.7 Å². The Labute approximate surface area is 191 Å².